The van der Waals surface area contributed by atoms with Crippen molar-refractivity contribution in [2.45, 2.75) is 33.1 Å². The van der Waals surface area contributed by atoms with Crippen LogP contribution in [0.5, 0.6) is 0 Å². The number of anilines is 1. The summed E-state index contributed by atoms with van der Waals surface area (Å²) in [5.41, 5.74) is 4.31. The molecule has 1 heterocycles. The monoisotopic (exact) mass is 270 g/mol. The van der Waals surface area contributed by atoms with Gasteiger partial charge in [-0.3, -0.25) is 0 Å². The molecule has 0 aliphatic carbocycles. The predicted octanol–water partition coefficient (Wildman–Crippen LogP) is 1.77. The molecule has 0 radical (unpaired) electrons. The molecule has 2 N–H and O–H groups in total. The number of hydrogen-bond acceptors (Lipinski definition) is 3. The van der Waals surface area contributed by atoms with Crippen molar-refractivity contribution < 1.29 is 8.42 Å². The van der Waals surface area contributed by atoms with Crippen molar-refractivity contribution in [3.63, 3.8) is 0 Å². The highest BCUT2D eigenvalue weighted by Crippen LogP contribution is 2.25. The lowest BCUT2D eigenvalue weighted by atomic mass is 10.0. The zero-order valence-corrected chi connectivity index (χ0v) is 12.0. The lowest BCUT2D eigenvalue weighted by molar-refractivity contribution is 0.577. The molecule has 0 spiro atoms. The molecule has 1 aromatic rings. The van der Waals surface area contributed by atoms with Crippen molar-refractivity contribution >= 4 is 16.6 Å². The van der Waals surface area contributed by atoms with Crippen LogP contribution < -0.4 is 10.0 Å². The van der Waals surface area contributed by atoms with Crippen molar-refractivity contribution in [1.82, 2.24) is 0 Å². The van der Waals surface area contributed by atoms with E-state index < -0.39 is 10.9 Å². The number of rotatable bonds is 1. The van der Waals surface area contributed by atoms with Gasteiger partial charge < -0.3 is 4.90 Å². The molecule has 0 saturated carbocycles. The van der Waals surface area contributed by atoms with Gasteiger partial charge in [0.1, 0.15) is 0 Å². The van der Waals surface area contributed by atoms with Crippen molar-refractivity contribution in [2.24, 2.45) is 5.14 Å². The van der Waals surface area contributed by atoms with E-state index in [9.17, 15) is 0 Å². The number of benzene rings is 1. The summed E-state index contributed by atoms with van der Waals surface area (Å²) in [5.74, 6) is 0. The van der Waals surface area contributed by atoms with E-state index in [1.54, 1.807) is 0 Å². The van der Waals surface area contributed by atoms with Crippen LogP contribution in [0.25, 0.3) is 0 Å². The summed E-state index contributed by atoms with van der Waals surface area (Å²) in [4.78, 5) is 2.53. The van der Waals surface area contributed by atoms with Crippen LogP contribution in [-0.2, 0) is 10.9 Å². The maximum atomic E-state index is 8.81. The first-order valence-electron chi connectivity index (χ1n) is 6.22. The second kappa shape index (κ2) is 7.38. The zero-order valence-electron chi connectivity index (χ0n) is 11.1. The Morgan fingerprint density at radius 1 is 1.11 bits per heavy atom. The fourth-order valence-electron chi connectivity index (χ4n) is 2.21. The third kappa shape index (κ3) is 4.66. The topological polar surface area (TPSA) is 63.4 Å². The van der Waals surface area contributed by atoms with Crippen LogP contribution in [0.3, 0.4) is 0 Å². The molecule has 1 saturated heterocycles. The maximum Gasteiger partial charge on any atom is 0.198 e. The SMILES string of the molecule is Cc1cccc(N2CCCCC2)c1C.N[SH](=O)=O. The van der Waals surface area contributed by atoms with Gasteiger partial charge in [-0.15, -0.1) is 0 Å². The van der Waals surface area contributed by atoms with Crippen molar-refractivity contribution in [3.8, 4) is 0 Å². The molecule has 0 atom stereocenters. The third-order valence-electron chi connectivity index (χ3n) is 3.27. The Morgan fingerprint density at radius 3 is 2.22 bits per heavy atom. The number of piperidine rings is 1. The second-order valence-electron chi connectivity index (χ2n) is 4.55. The average Bonchev–Trinajstić information content (AvgIpc) is 2.33. The summed E-state index contributed by atoms with van der Waals surface area (Å²) in [6.45, 7) is 6.91. The van der Waals surface area contributed by atoms with E-state index in [1.165, 1.54) is 49.2 Å². The highest BCUT2D eigenvalue weighted by atomic mass is 32.2. The van der Waals surface area contributed by atoms with Gasteiger partial charge in [-0.1, -0.05) is 12.1 Å². The number of hydrogen-bond donors (Lipinski definition) is 2. The largest absolute Gasteiger partial charge is 0.371 e. The van der Waals surface area contributed by atoms with Gasteiger partial charge in [0.2, 0.25) is 0 Å². The molecule has 18 heavy (non-hydrogen) atoms. The van der Waals surface area contributed by atoms with E-state index in [2.05, 4.69) is 42.1 Å². The molecule has 102 valence electrons. The number of thiol groups is 1. The Morgan fingerprint density at radius 2 is 1.67 bits per heavy atom. The van der Waals surface area contributed by atoms with Gasteiger partial charge in [0, 0.05) is 18.8 Å². The fourth-order valence-corrected chi connectivity index (χ4v) is 2.21. The van der Waals surface area contributed by atoms with Gasteiger partial charge >= 0.3 is 0 Å². The maximum absolute atomic E-state index is 8.81. The van der Waals surface area contributed by atoms with Crippen molar-refractivity contribution in [3.05, 3.63) is 29.3 Å². The molecule has 0 bridgehead atoms. The molecule has 0 aromatic heterocycles. The van der Waals surface area contributed by atoms with Gasteiger partial charge in [-0.2, -0.15) is 0 Å². The summed E-state index contributed by atoms with van der Waals surface area (Å²) < 4.78 is 17.6. The minimum Gasteiger partial charge on any atom is -0.371 e. The van der Waals surface area contributed by atoms with Gasteiger partial charge in [0.25, 0.3) is 0 Å². The Kier molecular flexibility index (Phi) is 6.15. The molecule has 1 aliphatic heterocycles. The lowest BCUT2D eigenvalue weighted by Crippen LogP contribution is -2.30. The molecule has 0 unspecified atom stereocenters. The van der Waals surface area contributed by atoms with Gasteiger partial charge in [0.15, 0.2) is 10.9 Å². The molecule has 4 nitrogen and oxygen atoms in total. The van der Waals surface area contributed by atoms with E-state index in [0.29, 0.717) is 0 Å². The van der Waals surface area contributed by atoms with Crippen LogP contribution in [0.1, 0.15) is 30.4 Å². The summed E-state index contributed by atoms with van der Waals surface area (Å²) in [6, 6.07) is 6.63. The van der Waals surface area contributed by atoms with E-state index in [1.807, 2.05) is 0 Å². The minimum atomic E-state index is -2.62. The third-order valence-corrected chi connectivity index (χ3v) is 3.27. The Balaban J connectivity index is 0.000000357. The lowest BCUT2D eigenvalue weighted by Gasteiger charge is -2.30. The molecular weight excluding hydrogens is 248 g/mol. The standard InChI is InChI=1S/C13H19N.H3NO2S/c1-11-7-6-8-13(12(11)2)14-9-4-3-5-10-14;1-4(2)3/h6-8H,3-5,9-10H2,1-2H3;4H,(H2,1,2,3). The molecule has 1 aromatic carbocycles. The summed E-state index contributed by atoms with van der Waals surface area (Å²) in [5, 5.41) is 4.06. The summed E-state index contributed by atoms with van der Waals surface area (Å²) in [6.07, 6.45) is 4.11. The van der Waals surface area contributed by atoms with E-state index in [0.717, 1.165) is 0 Å². The van der Waals surface area contributed by atoms with E-state index in [-0.39, 0.29) is 0 Å². The quantitative estimate of drug-likeness (QED) is 0.764. The fraction of sp³-hybridized carbons (Fsp3) is 0.538. The minimum absolute atomic E-state index is 1.24. The van der Waals surface area contributed by atoms with E-state index in [4.69, 9.17) is 8.42 Å². The predicted molar refractivity (Wildman–Crippen MR) is 76.5 cm³/mol. The first-order chi connectivity index (χ1) is 8.52. The second-order valence-corrected chi connectivity index (χ2v) is 5.12. The molecular formula is C13H22N2O2S. The van der Waals surface area contributed by atoms with Crippen LogP contribution in [0, 0.1) is 13.8 Å². The van der Waals surface area contributed by atoms with Crippen LogP contribution in [0.4, 0.5) is 5.69 Å². The Hall–Kier alpha value is -1.07. The zero-order chi connectivity index (χ0) is 13.5. The van der Waals surface area contributed by atoms with Gasteiger partial charge in [-0.25, -0.2) is 13.6 Å². The van der Waals surface area contributed by atoms with Crippen LogP contribution in [0.2, 0.25) is 0 Å². The molecule has 5 heteroatoms. The normalized spacial score (nSPS) is 15.2. The summed E-state index contributed by atoms with van der Waals surface area (Å²) in [7, 11) is -2.62. The van der Waals surface area contributed by atoms with Gasteiger partial charge in [-0.05, 0) is 50.3 Å². The number of nitrogens with zero attached hydrogens (tertiary/aromatic N) is 1. The first-order valence-corrected chi connectivity index (χ1v) is 7.47. The van der Waals surface area contributed by atoms with Crippen LogP contribution >= 0.6 is 0 Å². The van der Waals surface area contributed by atoms with Crippen LogP contribution in [-0.4, -0.2) is 21.5 Å². The van der Waals surface area contributed by atoms with Crippen molar-refractivity contribution in [1.29, 1.82) is 0 Å². The van der Waals surface area contributed by atoms with Crippen LogP contribution in [0.15, 0.2) is 18.2 Å². The van der Waals surface area contributed by atoms with Gasteiger partial charge in [0.05, 0.1) is 0 Å². The average molecular weight is 270 g/mol. The molecule has 2 rings (SSSR count). The Labute approximate surface area is 111 Å². The summed E-state index contributed by atoms with van der Waals surface area (Å²) >= 11 is 0. The number of aryl methyl sites for hydroxylation is 1. The smallest absolute Gasteiger partial charge is 0.198 e. The number of nitrogens with two attached hydrogens (primary N) is 1. The highest BCUT2D eigenvalue weighted by molar-refractivity contribution is 7.69. The molecule has 1 fully saturated rings. The van der Waals surface area contributed by atoms with Crippen molar-refractivity contribution in [2.75, 3.05) is 18.0 Å². The van der Waals surface area contributed by atoms with E-state index >= 15 is 0 Å². The highest BCUT2D eigenvalue weighted by Gasteiger charge is 2.12. The molecule has 1 aliphatic rings. The first kappa shape index (κ1) is 15.0. The Bertz CT molecular complexity index is 444. The molecule has 0 amide bonds.